The first-order valence-electron chi connectivity index (χ1n) is 13.3. The van der Waals surface area contributed by atoms with E-state index in [1.165, 1.54) is 17.6 Å². The van der Waals surface area contributed by atoms with Crippen molar-refractivity contribution in [1.29, 1.82) is 0 Å². The van der Waals surface area contributed by atoms with E-state index >= 15 is 0 Å². The van der Waals surface area contributed by atoms with Crippen LogP contribution in [0.2, 0.25) is 0 Å². The van der Waals surface area contributed by atoms with Crippen molar-refractivity contribution in [3.05, 3.63) is 94.6 Å². The normalized spacial score (nSPS) is 16.3. The van der Waals surface area contributed by atoms with Crippen molar-refractivity contribution in [2.45, 2.75) is 33.4 Å². The van der Waals surface area contributed by atoms with Crippen LogP contribution in [-0.4, -0.2) is 55.2 Å². The number of nitrogens with zero attached hydrogens (tertiary/aromatic N) is 1. The van der Waals surface area contributed by atoms with Crippen molar-refractivity contribution in [1.82, 2.24) is 4.90 Å². The minimum absolute atomic E-state index is 0.0143. The van der Waals surface area contributed by atoms with Crippen molar-refractivity contribution >= 4 is 17.4 Å². The fraction of sp³-hybridized carbons (Fsp3) is 0.312. The molecule has 0 radical (unpaired) electrons. The monoisotopic (exact) mass is 545 g/mol. The molecule has 4 rings (SSSR count). The Labute approximate surface area is 234 Å². The molecule has 3 aromatic rings. The first-order chi connectivity index (χ1) is 19.4. The Balaban J connectivity index is 1.71. The number of rotatable bonds is 12. The molecule has 1 saturated heterocycles. The first-order valence-corrected chi connectivity index (χ1v) is 13.3. The average Bonchev–Trinajstić information content (AvgIpc) is 3.21. The van der Waals surface area contributed by atoms with Crippen LogP contribution in [0, 0.1) is 6.92 Å². The van der Waals surface area contributed by atoms with Crippen LogP contribution in [-0.2, 0) is 20.9 Å². The molecule has 1 aliphatic rings. The Morgan fingerprint density at radius 2 is 1.55 bits per heavy atom. The van der Waals surface area contributed by atoms with E-state index in [1.54, 1.807) is 42.5 Å². The third-order valence-electron chi connectivity index (χ3n) is 6.62. The lowest BCUT2D eigenvalue weighted by atomic mass is 9.95. The van der Waals surface area contributed by atoms with Crippen molar-refractivity contribution in [2.75, 3.05) is 33.5 Å². The predicted octanol–water partition coefficient (Wildman–Crippen LogP) is 5.44. The fourth-order valence-electron chi connectivity index (χ4n) is 4.62. The van der Waals surface area contributed by atoms with Gasteiger partial charge in [-0.25, -0.2) is 0 Å². The largest absolute Gasteiger partial charge is 0.507 e. The lowest BCUT2D eigenvalue weighted by Gasteiger charge is -2.25. The highest BCUT2D eigenvalue weighted by molar-refractivity contribution is 6.46. The summed E-state index contributed by atoms with van der Waals surface area (Å²) in [7, 11) is 1.53. The molecule has 0 aliphatic carbocycles. The van der Waals surface area contributed by atoms with Gasteiger partial charge in [0.05, 0.1) is 37.0 Å². The third-order valence-corrected chi connectivity index (χ3v) is 6.62. The molecule has 3 aromatic carbocycles. The summed E-state index contributed by atoms with van der Waals surface area (Å²) < 4.78 is 22.5. The van der Waals surface area contributed by atoms with Crippen LogP contribution in [0.1, 0.15) is 42.1 Å². The summed E-state index contributed by atoms with van der Waals surface area (Å²) in [5, 5.41) is 11.5. The number of carbonyl (C=O) groups is 2. The van der Waals surface area contributed by atoms with Crippen LogP contribution >= 0.6 is 0 Å². The van der Waals surface area contributed by atoms with Crippen molar-refractivity contribution in [3.63, 3.8) is 0 Å². The van der Waals surface area contributed by atoms with Gasteiger partial charge in [0.15, 0.2) is 0 Å². The molecule has 1 atom stereocenters. The van der Waals surface area contributed by atoms with Gasteiger partial charge in [-0.05, 0) is 56.2 Å². The van der Waals surface area contributed by atoms with E-state index in [2.05, 4.69) is 0 Å². The summed E-state index contributed by atoms with van der Waals surface area (Å²) in [5.41, 5.74) is 3.17. The molecule has 0 spiro atoms. The number of ether oxygens (including phenoxy) is 4. The Kier molecular flexibility index (Phi) is 9.45. The van der Waals surface area contributed by atoms with Crippen molar-refractivity contribution < 1.29 is 33.6 Å². The number of hydrogen-bond donors (Lipinski definition) is 1. The fourth-order valence-corrected chi connectivity index (χ4v) is 4.62. The maximum absolute atomic E-state index is 13.3. The second-order valence-electron chi connectivity index (χ2n) is 9.35. The lowest BCUT2D eigenvalue weighted by Crippen LogP contribution is -2.32. The highest BCUT2D eigenvalue weighted by atomic mass is 16.5. The second kappa shape index (κ2) is 13.2. The number of carbonyl (C=O) groups excluding carboxylic acids is 2. The Morgan fingerprint density at radius 1 is 0.875 bits per heavy atom. The zero-order valence-corrected chi connectivity index (χ0v) is 23.3. The van der Waals surface area contributed by atoms with E-state index in [0.29, 0.717) is 48.2 Å². The van der Waals surface area contributed by atoms with Gasteiger partial charge in [0, 0.05) is 19.7 Å². The van der Waals surface area contributed by atoms with Gasteiger partial charge in [-0.2, -0.15) is 0 Å². The number of Topliss-reactive ketones (excluding diaryl/α,β-unsaturated/α-hetero) is 1. The van der Waals surface area contributed by atoms with E-state index in [0.717, 1.165) is 5.56 Å². The SMILES string of the molecule is CCOc1ccc(/C(O)=C2/C(=O)C(=O)N(CCOC)C2c2ccc(OCc3ccc(C)cc3)cc2)c(OCC)c1. The molecule has 0 saturated carbocycles. The summed E-state index contributed by atoms with van der Waals surface area (Å²) in [4.78, 5) is 27.9. The van der Waals surface area contributed by atoms with E-state index in [1.807, 2.05) is 45.0 Å². The van der Waals surface area contributed by atoms with Gasteiger partial charge in [0.1, 0.15) is 29.6 Å². The highest BCUT2D eigenvalue weighted by Crippen LogP contribution is 2.41. The van der Waals surface area contributed by atoms with Gasteiger partial charge in [-0.1, -0.05) is 42.0 Å². The third kappa shape index (κ3) is 6.29. The number of amides is 1. The Bertz CT molecular complexity index is 1360. The zero-order valence-electron chi connectivity index (χ0n) is 23.3. The molecule has 0 bridgehead atoms. The zero-order chi connectivity index (χ0) is 28.6. The van der Waals surface area contributed by atoms with Gasteiger partial charge in [-0.3, -0.25) is 9.59 Å². The number of ketones is 1. The predicted molar refractivity (Wildman–Crippen MR) is 152 cm³/mol. The summed E-state index contributed by atoms with van der Waals surface area (Å²) in [5.74, 6) is -0.215. The van der Waals surface area contributed by atoms with Gasteiger partial charge >= 0.3 is 0 Å². The number of methoxy groups -OCH3 is 1. The van der Waals surface area contributed by atoms with Crippen molar-refractivity contribution in [2.24, 2.45) is 0 Å². The molecule has 1 N–H and O–H groups in total. The molecule has 210 valence electrons. The number of hydrogen-bond acceptors (Lipinski definition) is 7. The van der Waals surface area contributed by atoms with Gasteiger partial charge < -0.3 is 29.0 Å². The van der Waals surface area contributed by atoms with E-state index < -0.39 is 17.7 Å². The van der Waals surface area contributed by atoms with E-state index in [-0.39, 0.29) is 24.5 Å². The lowest BCUT2D eigenvalue weighted by molar-refractivity contribution is -0.140. The van der Waals surface area contributed by atoms with Crippen molar-refractivity contribution in [3.8, 4) is 17.2 Å². The molecular weight excluding hydrogens is 510 g/mol. The molecule has 8 nitrogen and oxygen atoms in total. The summed E-state index contributed by atoms with van der Waals surface area (Å²) >= 11 is 0. The van der Waals surface area contributed by atoms with Gasteiger partial charge in [0.2, 0.25) is 0 Å². The number of likely N-dealkylation sites (tertiary alicyclic amines) is 1. The molecule has 1 unspecified atom stereocenters. The van der Waals surface area contributed by atoms with Gasteiger partial charge in [-0.15, -0.1) is 0 Å². The van der Waals surface area contributed by atoms with Crippen LogP contribution in [0.4, 0.5) is 0 Å². The average molecular weight is 546 g/mol. The summed E-state index contributed by atoms with van der Waals surface area (Å²) in [6.07, 6.45) is 0. The van der Waals surface area contributed by atoms with Crippen LogP contribution in [0.5, 0.6) is 17.2 Å². The Hall–Kier alpha value is -4.30. The Morgan fingerprint density at radius 3 is 2.20 bits per heavy atom. The molecular formula is C32H35NO7. The van der Waals surface area contributed by atoms with Crippen LogP contribution < -0.4 is 14.2 Å². The number of aryl methyl sites for hydroxylation is 1. The topological polar surface area (TPSA) is 94.5 Å². The molecule has 1 aliphatic heterocycles. The second-order valence-corrected chi connectivity index (χ2v) is 9.35. The summed E-state index contributed by atoms with van der Waals surface area (Å²) in [6.45, 7) is 7.34. The smallest absolute Gasteiger partial charge is 0.295 e. The number of aliphatic hydroxyl groups is 1. The molecule has 40 heavy (non-hydrogen) atoms. The quantitative estimate of drug-likeness (QED) is 0.184. The van der Waals surface area contributed by atoms with Gasteiger partial charge in [0.25, 0.3) is 11.7 Å². The minimum Gasteiger partial charge on any atom is -0.507 e. The maximum Gasteiger partial charge on any atom is 0.295 e. The standard InChI is InChI=1S/C32H35NO7/c1-5-38-25-15-16-26(27(19-25)39-6-2)30(34)28-29(33(17-18-37-4)32(36)31(28)35)23-11-13-24(14-12-23)40-20-22-9-7-21(3)8-10-22/h7-16,19,29,34H,5-6,17-18,20H2,1-4H3/b30-28-. The molecule has 8 heteroatoms. The van der Waals surface area contributed by atoms with E-state index in [4.69, 9.17) is 18.9 Å². The maximum atomic E-state index is 13.3. The molecule has 0 aromatic heterocycles. The van der Waals surface area contributed by atoms with Crippen LogP contribution in [0.3, 0.4) is 0 Å². The number of aliphatic hydroxyl groups excluding tert-OH is 1. The van der Waals surface area contributed by atoms with E-state index in [9.17, 15) is 14.7 Å². The minimum atomic E-state index is -0.817. The highest BCUT2D eigenvalue weighted by Gasteiger charge is 2.46. The molecule has 1 fully saturated rings. The first kappa shape index (κ1) is 28.7. The van der Waals surface area contributed by atoms with Crippen LogP contribution in [0.15, 0.2) is 72.3 Å². The number of benzene rings is 3. The van der Waals surface area contributed by atoms with Crippen LogP contribution in [0.25, 0.3) is 5.76 Å². The summed E-state index contributed by atoms with van der Waals surface area (Å²) in [6, 6.07) is 19.5. The molecule has 1 amide bonds. The molecule has 1 heterocycles.